The molecular formula is C16H11NO3S2. The van der Waals surface area contributed by atoms with Crippen molar-refractivity contribution in [2.24, 2.45) is 0 Å². The highest BCUT2D eigenvalue weighted by Gasteiger charge is 2.17. The second-order valence-corrected chi connectivity index (χ2v) is 7.79. The van der Waals surface area contributed by atoms with Crippen molar-refractivity contribution < 1.29 is 13.2 Å². The lowest BCUT2D eigenvalue weighted by Crippen LogP contribution is -1.95. The molecule has 1 aromatic heterocycles. The molecule has 3 aromatic rings. The fraction of sp³-hybridized carbons (Fsp3) is 0.0625. The predicted molar refractivity (Wildman–Crippen MR) is 86.2 cm³/mol. The smallest absolute Gasteiger partial charge is 0.175 e. The van der Waals surface area contributed by atoms with E-state index in [1.54, 1.807) is 24.3 Å². The van der Waals surface area contributed by atoms with Crippen LogP contribution in [0.2, 0.25) is 0 Å². The average Bonchev–Trinajstić information content (AvgIpc) is 2.84. The summed E-state index contributed by atoms with van der Waals surface area (Å²) in [5.41, 5.74) is 0. The highest BCUT2D eigenvalue weighted by Crippen LogP contribution is 2.40. The number of nitriles is 1. The molecule has 1 heterocycles. The van der Waals surface area contributed by atoms with E-state index < -0.39 is 9.84 Å². The molecule has 4 nitrogen and oxygen atoms in total. The number of ether oxygens (including phenoxy) is 1. The van der Waals surface area contributed by atoms with Crippen LogP contribution < -0.4 is 4.74 Å². The van der Waals surface area contributed by atoms with E-state index in [1.807, 2.05) is 18.2 Å². The number of hydrogen-bond donors (Lipinski definition) is 0. The Balaban J connectivity index is 2.16. The van der Waals surface area contributed by atoms with Crippen LogP contribution in [-0.2, 0) is 9.84 Å². The lowest BCUT2D eigenvalue weighted by Gasteiger charge is -2.05. The number of rotatable bonds is 3. The minimum Gasteiger partial charge on any atom is -0.454 e. The van der Waals surface area contributed by atoms with Gasteiger partial charge < -0.3 is 4.74 Å². The third-order valence-corrected chi connectivity index (χ3v) is 5.26. The zero-order valence-electron chi connectivity index (χ0n) is 11.6. The molecule has 6 heteroatoms. The van der Waals surface area contributed by atoms with E-state index in [2.05, 4.69) is 6.07 Å². The number of hydrogen-bond acceptors (Lipinski definition) is 5. The van der Waals surface area contributed by atoms with Crippen LogP contribution >= 0.6 is 11.3 Å². The number of nitrogens with zero attached hydrogens (tertiary/aromatic N) is 1. The van der Waals surface area contributed by atoms with E-state index >= 15 is 0 Å². The van der Waals surface area contributed by atoms with Crippen molar-refractivity contribution >= 4 is 31.3 Å². The molecule has 0 saturated carbocycles. The van der Waals surface area contributed by atoms with Crippen LogP contribution in [0.1, 0.15) is 4.88 Å². The third-order valence-electron chi connectivity index (χ3n) is 3.11. The minimum atomic E-state index is -3.28. The van der Waals surface area contributed by atoms with Gasteiger partial charge in [0, 0.05) is 16.3 Å². The van der Waals surface area contributed by atoms with E-state index in [-0.39, 0.29) is 4.90 Å². The van der Waals surface area contributed by atoms with Gasteiger partial charge in [-0.05, 0) is 30.3 Å². The van der Waals surface area contributed by atoms with E-state index in [9.17, 15) is 13.7 Å². The molecule has 0 bridgehead atoms. The molecule has 0 atom stereocenters. The van der Waals surface area contributed by atoms with Gasteiger partial charge in [-0.15, -0.1) is 11.3 Å². The third kappa shape index (κ3) is 2.69. The van der Waals surface area contributed by atoms with Crippen LogP contribution in [-0.4, -0.2) is 14.7 Å². The molecule has 0 aliphatic heterocycles. The summed E-state index contributed by atoms with van der Waals surface area (Å²) < 4.78 is 29.8. The molecule has 0 spiro atoms. The lowest BCUT2D eigenvalue weighted by atomic mass is 10.2. The molecule has 0 saturated heterocycles. The van der Waals surface area contributed by atoms with Crippen molar-refractivity contribution in [2.75, 3.05) is 6.26 Å². The number of fused-ring (bicyclic) bond motifs is 1. The van der Waals surface area contributed by atoms with Gasteiger partial charge in [0.25, 0.3) is 0 Å². The topological polar surface area (TPSA) is 67.2 Å². The van der Waals surface area contributed by atoms with Gasteiger partial charge in [-0.25, -0.2) is 8.42 Å². The largest absolute Gasteiger partial charge is 0.454 e. The molecule has 0 aliphatic carbocycles. The normalized spacial score (nSPS) is 11.3. The molecule has 2 aromatic carbocycles. The van der Waals surface area contributed by atoms with Crippen LogP contribution in [0.5, 0.6) is 11.5 Å². The maximum Gasteiger partial charge on any atom is 0.175 e. The Kier molecular flexibility index (Phi) is 3.61. The molecule has 3 rings (SSSR count). The summed E-state index contributed by atoms with van der Waals surface area (Å²) in [7, 11) is -3.28. The number of sulfone groups is 1. The van der Waals surface area contributed by atoms with Gasteiger partial charge in [-0.1, -0.05) is 18.2 Å². The zero-order chi connectivity index (χ0) is 15.7. The van der Waals surface area contributed by atoms with Gasteiger partial charge in [-0.2, -0.15) is 5.26 Å². The molecule has 0 aliphatic rings. The summed E-state index contributed by atoms with van der Waals surface area (Å²) >= 11 is 1.22. The standard InChI is InChI=1S/C16H11NO3S2/c1-22(18,19)12-7-8-13-14(9-12)21-15(10-17)16(13)20-11-5-3-2-4-6-11/h2-9H,1H3. The van der Waals surface area contributed by atoms with Gasteiger partial charge in [0.1, 0.15) is 16.7 Å². The maximum absolute atomic E-state index is 11.6. The van der Waals surface area contributed by atoms with Crippen LogP contribution in [0.3, 0.4) is 0 Å². The van der Waals surface area contributed by atoms with Gasteiger partial charge in [0.05, 0.1) is 4.90 Å². The highest BCUT2D eigenvalue weighted by atomic mass is 32.2. The summed E-state index contributed by atoms with van der Waals surface area (Å²) in [5.74, 6) is 1.10. The lowest BCUT2D eigenvalue weighted by molar-refractivity contribution is 0.489. The van der Waals surface area contributed by atoms with Crippen molar-refractivity contribution in [2.45, 2.75) is 4.90 Å². The molecule has 110 valence electrons. The van der Waals surface area contributed by atoms with Crippen molar-refractivity contribution in [3.8, 4) is 17.6 Å². The van der Waals surface area contributed by atoms with Gasteiger partial charge in [-0.3, -0.25) is 0 Å². The second kappa shape index (κ2) is 5.44. The summed E-state index contributed by atoms with van der Waals surface area (Å²) in [6.07, 6.45) is 1.16. The molecule has 0 N–H and O–H groups in total. The van der Waals surface area contributed by atoms with Gasteiger partial charge in [0.2, 0.25) is 0 Å². The monoisotopic (exact) mass is 329 g/mol. The van der Waals surface area contributed by atoms with Crippen molar-refractivity contribution in [3.63, 3.8) is 0 Å². The molecule has 0 radical (unpaired) electrons. The highest BCUT2D eigenvalue weighted by molar-refractivity contribution is 7.90. The van der Waals surface area contributed by atoms with Crippen LogP contribution in [0.4, 0.5) is 0 Å². The first-order chi connectivity index (χ1) is 10.5. The Morgan fingerprint density at radius 2 is 1.86 bits per heavy atom. The van der Waals surface area contributed by atoms with Crippen LogP contribution in [0, 0.1) is 11.3 Å². The first-order valence-electron chi connectivity index (χ1n) is 6.38. The van der Waals surface area contributed by atoms with Gasteiger partial charge in [0.15, 0.2) is 15.6 Å². The van der Waals surface area contributed by atoms with E-state index in [0.29, 0.717) is 21.1 Å². The van der Waals surface area contributed by atoms with Crippen molar-refractivity contribution in [3.05, 3.63) is 53.4 Å². The number of benzene rings is 2. The number of para-hydroxylation sites is 1. The Morgan fingerprint density at radius 3 is 2.50 bits per heavy atom. The molecule has 0 unspecified atom stereocenters. The zero-order valence-corrected chi connectivity index (χ0v) is 13.2. The fourth-order valence-electron chi connectivity index (χ4n) is 2.07. The SMILES string of the molecule is CS(=O)(=O)c1ccc2c(Oc3ccccc3)c(C#N)sc2c1. The maximum atomic E-state index is 11.6. The summed E-state index contributed by atoms with van der Waals surface area (Å²) in [6.45, 7) is 0. The molecule has 0 amide bonds. The summed E-state index contributed by atoms with van der Waals surface area (Å²) in [5, 5.41) is 10.0. The molecule has 22 heavy (non-hydrogen) atoms. The van der Waals surface area contributed by atoms with Gasteiger partial charge >= 0.3 is 0 Å². The van der Waals surface area contributed by atoms with Crippen molar-refractivity contribution in [1.29, 1.82) is 5.26 Å². The first-order valence-corrected chi connectivity index (χ1v) is 9.09. The Bertz CT molecular complexity index is 983. The molecule has 0 fully saturated rings. The van der Waals surface area contributed by atoms with E-state index in [0.717, 1.165) is 11.6 Å². The predicted octanol–water partition coefficient (Wildman–Crippen LogP) is 3.97. The fourth-order valence-corrected chi connectivity index (χ4v) is 3.75. The number of thiophene rings is 1. The molecular weight excluding hydrogens is 318 g/mol. The minimum absolute atomic E-state index is 0.233. The Morgan fingerprint density at radius 1 is 1.14 bits per heavy atom. The van der Waals surface area contributed by atoms with Crippen LogP contribution in [0.15, 0.2) is 53.4 Å². The van der Waals surface area contributed by atoms with E-state index in [4.69, 9.17) is 4.74 Å². The quantitative estimate of drug-likeness (QED) is 0.729. The first kappa shape index (κ1) is 14.6. The van der Waals surface area contributed by atoms with E-state index in [1.165, 1.54) is 17.4 Å². The average molecular weight is 329 g/mol. The Labute approximate surface area is 132 Å². The Hall–Kier alpha value is -2.36. The summed E-state index contributed by atoms with van der Waals surface area (Å²) in [4.78, 5) is 0.654. The van der Waals surface area contributed by atoms with Crippen molar-refractivity contribution in [1.82, 2.24) is 0 Å². The van der Waals surface area contributed by atoms with Crippen LogP contribution in [0.25, 0.3) is 10.1 Å². The summed E-state index contributed by atoms with van der Waals surface area (Å²) in [6, 6.07) is 16.1. The second-order valence-electron chi connectivity index (χ2n) is 4.72.